The summed E-state index contributed by atoms with van der Waals surface area (Å²) in [5.74, 6) is 0.633. The lowest BCUT2D eigenvalue weighted by Crippen LogP contribution is -2.40. The molecule has 0 saturated carbocycles. The van der Waals surface area contributed by atoms with Gasteiger partial charge in [0.05, 0.1) is 13.7 Å². The molecule has 1 unspecified atom stereocenters. The number of aliphatic hydroxyl groups is 1. The van der Waals surface area contributed by atoms with Gasteiger partial charge in [-0.05, 0) is 0 Å². The first-order valence-corrected chi connectivity index (χ1v) is 7.09. The van der Waals surface area contributed by atoms with E-state index in [0.717, 1.165) is 10.7 Å². The number of hydrogen-bond acceptors (Lipinski definition) is 6. The first-order valence-electron chi connectivity index (χ1n) is 6.21. The molecular formula is C12H17N3O3S. The van der Waals surface area contributed by atoms with Crippen molar-refractivity contribution in [2.24, 2.45) is 0 Å². The van der Waals surface area contributed by atoms with E-state index >= 15 is 0 Å². The second-order valence-electron chi connectivity index (χ2n) is 4.75. The van der Waals surface area contributed by atoms with Gasteiger partial charge in [0.2, 0.25) is 5.88 Å². The lowest BCUT2D eigenvalue weighted by molar-refractivity contribution is 0.0267. The molecule has 1 aliphatic heterocycles. The van der Waals surface area contributed by atoms with E-state index in [4.69, 9.17) is 9.47 Å². The third-order valence-electron chi connectivity index (χ3n) is 3.35. The molecule has 1 aliphatic rings. The fourth-order valence-electron chi connectivity index (χ4n) is 2.29. The molecule has 3 rings (SSSR count). The van der Waals surface area contributed by atoms with E-state index in [0.29, 0.717) is 38.6 Å². The van der Waals surface area contributed by atoms with Gasteiger partial charge in [-0.15, -0.1) is 11.3 Å². The minimum atomic E-state index is -0.744. The summed E-state index contributed by atoms with van der Waals surface area (Å²) in [5, 5.41) is 15.4. The van der Waals surface area contributed by atoms with Gasteiger partial charge in [-0.3, -0.25) is 4.40 Å². The normalized spacial score (nSPS) is 23.3. The minimum Gasteiger partial charge on any atom is -0.480 e. The van der Waals surface area contributed by atoms with Gasteiger partial charge in [0.25, 0.3) is 0 Å². The Morgan fingerprint density at radius 3 is 3.32 bits per heavy atom. The maximum absolute atomic E-state index is 10.2. The first-order chi connectivity index (χ1) is 9.22. The van der Waals surface area contributed by atoms with Crippen LogP contribution in [0.25, 0.3) is 4.96 Å². The molecule has 6 nitrogen and oxygen atoms in total. The zero-order valence-electron chi connectivity index (χ0n) is 10.8. The number of rotatable bonds is 5. The van der Waals surface area contributed by atoms with E-state index in [9.17, 15) is 5.11 Å². The second-order valence-corrected chi connectivity index (χ2v) is 5.63. The van der Waals surface area contributed by atoms with Crippen LogP contribution in [0.15, 0.2) is 11.6 Å². The highest BCUT2D eigenvalue weighted by molar-refractivity contribution is 7.15. The average molecular weight is 283 g/mol. The maximum Gasteiger partial charge on any atom is 0.237 e. The Morgan fingerprint density at radius 2 is 2.58 bits per heavy atom. The van der Waals surface area contributed by atoms with Crippen LogP contribution in [-0.4, -0.2) is 47.0 Å². The molecule has 104 valence electrons. The minimum absolute atomic E-state index is 0.400. The van der Waals surface area contributed by atoms with Crippen molar-refractivity contribution in [3.05, 3.63) is 17.3 Å². The van der Waals surface area contributed by atoms with Crippen molar-refractivity contribution in [3.8, 4) is 5.88 Å². The summed E-state index contributed by atoms with van der Waals surface area (Å²) in [5.41, 5.74) is 0.229. The third kappa shape index (κ3) is 2.46. The highest BCUT2D eigenvalue weighted by atomic mass is 32.1. The molecule has 0 amide bonds. The predicted molar refractivity (Wildman–Crippen MR) is 71.7 cm³/mol. The van der Waals surface area contributed by atoms with Crippen LogP contribution < -0.4 is 10.1 Å². The summed E-state index contributed by atoms with van der Waals surface area (Å²) in [4.78, 5) is 5.30. The number of methoxy groups -OCH3 is 1. The van der Waals surface area contributed by atoms with Crippen molar-refractivity contribution < 1.29 is 14.6 Å². The van der Waals surface area contributed by atoms with Crippen LogP contribution in [0, 0.1) is 0 Å². The first kappa shape index (κ1) is 12.9. The quantitative estimate of drug-likeness (QED) is 0.843. The predicted octanol–water partition coefficient (Wildman–Crippen LogP) is 0.645. The average Bonchev–Trinajstić information content (AvgIpc) is 3.06. The molecule has 1 atom stereocenters. The van der Waals surface area contributed by atoms with Crippen LogP contribution in [0.3, 0.4) is 0 Å². The van der Waals surface area contributed by atoms with Crippen LogP contribution in [0.4, 0.5) is 0 Å². The highest BCUT2D eigenvalue weighted by Gasteiger charge is 2.31. The molecule has 1 fully saturated rings. The zero-order chi connectivity index (χ0) is 13.3. The third-order valence-corrected chi connectivity index (χ3v) is 4.10. The Bertz CT molecular complexity index is 560. The molecule has 1 saturated heterocycles. The number of ether oxygens (including phenoxy) is 2. The van der Waals surface area contributed by atoms with Crippen molar-refractivity contribution in [2.45, 2.75) is 18.6 Å². The van der Waals surface area contributed by atoms with E-state index in [1.807, 2.05) is 16.0 Å². The second kappa shape index (κ2) is 5.09. The number of nitrogens with one attached hydrogen (secondary N) is 1. The Balaban J connectivity index is 1.69. The van der Waals surface area contributed by atoms with Gasteiger partial charge in [0.1, 0.15) is 11.3 Å². The molecule has 2 aromatic rings. The van der Waals surface area contributed by atoms with Gasteiger partial charge < -0.3 is 19.9 Å². The number of hydrogen-bond donors (Lipinski definition) is 2. The number of thiazole rings is 1. The van der Waals surface area contributed by atoms with Gasteiger partial charge in [-0.1, -0.05) is 0 Å². The summed E-state index contributed by atoms with van der Waals surface area (Å²) < 4.78 is 12.5. The highest BCUT2D eigenvalue weighted by Crippen LogP contribution is 2.23. The van der Waals surface area contributed by atoms with E-state index in [1.54, 1.807) is 18.4 Å². The van der Waals surface area contributed by atoms with Crippen LogP contribution >= 0.6 is 11.3 Å². The van der Waals surface area contributed by atoms with Gasteiger partial charge in [0, 0.05) is 37.7 Å². The number of nitrogens with zero attached hydrogens (tertiary/aromatic N) is 2. The Kier molecular flexibility index (Phi) is 3.44. The molecule has 0 aromatic carbocycles. The van der Waals surface area contributed by atoms with E-state index in [1.165, 1.54) is 0 Å². The molecular weight excluding hydrogens is 266 g/mol. The van der Waals surface area contributed by atoms with Crippen molar-refractivity contribution in [3.63, 3.8) is 0 Å². The van der Waals surface area contributed by atoms with Crippen molar-refractivity contribution in [1.82, 2.24) is 14.7 Å². The fourth-order valence-corrected chi connectivity index (χ4v) is 3.01. The summed E-state index contributed by atoms with van der Waals surface area (Å²) in [6.45, 7) is 2.14. The largest absolute Gasteiger partial charge is 0.480 e. The molecule has 0 bridgehead atoms. The lowest BCUT2D eigenvalue weighted by Gasteiger charge is -2.20. The van der Waals surface area contributed by atoms with Crippen LogP contribution in [0.1, 0.15) is 12.1 Å². The smallest absolute Gasteiger partial charge is 0.237 e. The van der Waals surface area contributed by atoms with Crippen LogP contribution in [0.5, 0.6) is 5.88 Å². The molecule has 0 spiro atoms. The molecule has 2 aromatic heterocycles. The molecule has 2 N–H and O–H groups in total. The molecule has 0 radical (unpaired) electrons. The summed E-state index contributed by atoms with van der Waals surface area (Å²) in [6.07, 6.45) is 2.65. The van der Waals surface area contributed by atoms with Gasteiger partial charge in [-0.2, -0.15) is 4.98 Å². The Morgan fingerprint density at radius 1 is 1.68 bits per heavy atom. The summed E-state index contributed by atoms with van der Waals surface area (Å²) >= 11 is 1.57. The molecule has 7 heteroatoms. The Labute approximate surface area is 115 Å². The summed E-state index contributed by atoms with van der Waals surface area (Å²) in [6, 6.07) is 0. The number of aromatic nitrogens is 2. The SMILES string of the molecule is COc1nc2sccn2c1CNCC1(O)CCOC1. The zero-order valence-corrected chi connectivity index (χ0v) is 11.6. The fraction of sp³-hybridized carbons (Fsp3) is 0.583. The monoisotopic (exact) mass is 283 g/mol. The lowest BCUT2D eigenvalue weighted by atomic mass is 10.0. The summed E-state index contributed by atoms with van der Waals surface area (Å²) in [7, 11) is 1.62. The maximum atomic E-state index is 10.2. The van der Waals surface area contributed by atoms with Crippen molar-refractivity contribution >= 4 is 16.3 Å². The van der Waals surface area contributed by atoms with Gasteiger partial charge >= 0.3 is 0 Å². The van der Waals surface area contributed by atoms with Crippen molar-refractivity contribution in [1.29, 1.82) is 0 Å². The van der Waals surface area contributed by atoms with Crippen molar-refractivity contribution in [2.75, 3.05) is 26.9 Å². The Hall–Kier alpha value is -1.15. The van der Waals surface area contributed by atoms with Crippen LogP contribution in [0.2, 0.25) is 0 Å². The standard InChI is InChI=1S/C12H17N3O3S/c1-17-10-9(15-3-5-19-11(15)14-10)6-13-7-12(16)2-4-18-8-12/h3,5,13,16H,2,4,6-8H2,1H3. The molecule has 0 aliphatic carbocycles. The molecule has 3 heterocycles. The van der Waals surface area contributed by atoms with Gasteiger partial charge in [-0.25, -0.2) is 0 Å². The van der Waals surface area contributed by atoms with Gasteiger partial charge in [0.15, 0.2) is 4.96 Å². The van der Waals surface area contributed by atoms with E-state index in [-0.39, 0.29) is 0 Å². The van der Waals surface area contributed by atoms with Crippen LogP contribution in [-0.2, 0) is 11.3 Å². The number of imidazole rings is 1. The number of fused-ring (bicyclic) bond motifs is 1. The topological polar surface area (TPSA) is 68.0 Å². The van der Waals surface area contributed by atoms with E-state index < -0.39 is 5.60 Å². The van der Waals surface area contributed by atoms with E-state index in [2.05, 4.69) is 10.3 Å². The molecule has 19 heavy (non-hydrogen) atoms.